The average molecular weight is 318 g/mol. The Balaban J connectivity index is 1.50. The Morgan fingerprint density at radius 3 is 2.50 bits per heavy atom. The van der Waals surface area contributed by atoms with Gasteiger partial charge in [-0.05, 0) is 43.5 Å². The van der Waals surface area contributed by atoms with Gasteiger partial charge in [-0.1, -0.05) is 48.5 Å². The molecule has 0 N–H and O–H groups in total. The molecule has 1 aromatic heterocycles. The van der Waals surface area contributed by atoms with Gasteiger partial charge in [0.15, 0.2) is 5.82 Å². The van der Waals surface area contributed by atoms with E-state index in [2.05, 4.69) is 62.1 Å². The van der Waals surface area contributed by atoms with Crippen molar-refractivity contribution in [1.29, 1.82) is 0 Å². The highest BCUT2D eigenvalue weighted by molar-refractivity contribution is 5.32. The fourth-order valence-corrected chi connectivity index (χ4v) is 3.57. The largest absolute Gasteiger partial charge is 0.293 e. The van der Waals surface area contributed by atoms with Crippen LogP contribution in [0.25, 0.3) is 5.69 Å². The topological polar surface area (TPSA) is 34.0 Å². The van der Waals surface area contributed by atoms with Gasteiger partial charge in [-0.3, -0.25) is 9.47 Å². The van der Waals surface area contributed by atoms with Crippen LogP contribution in [0.2, 0.25) is 0 Å². The molecule has 2 heterocycles. The summed E-state index contributed by atoms with van der Waals surface area (Å²) < 4.78 is 2.10. The molecule has 1 aliphatic heterocycles. The van der Waals surface area contributed by atoms with E-state index in [-0.39, 0.29) is 0 Å². The van der Waals surface area contributed by atoms with Crippen molar-refractivity contribution in [1.82, 2.24) is 19.7 Å². The molecule has 1 fully saturated rings. The van der Waals surface area contributed by atoms with Crippen LogP contribution in [-0.2, 0) is 13.0 Å². The normalized spacial score (nSPS) is 18.1. The van der Waals surface area contributed by atoms with Gasteiger partial charge >= 0.3 is 0 Å². The lowest BCUT2D eigenvalue weighted by Crippen LogP contribution is -2.31. The number of hydrogen-bond donors (Lipinski definition) is 0. The Hall–Kier alpha value is -2.46. The summed E-state index contributed by atoms with van der Waals surface area (Å²) in [6.07, 6.45) is 5.44. The number of benzene rings is 2. The van der Waals surface area contributed by atoms with E-state index in [0.717, 1.165) is 31.0 Å². The molecular formula is C20H22N4. The number of hydrogen-bond acceptors (Lipinski definition) is 3. The van der Waals surface area contributed by atoms with E-state index in [0.29, 0.717) is 6.04 Å². The Morgan fingerprint density at radius 1 is 0.958 bits per heavy atom. The molecule has 0 radical (unpaired) electrons. The maximum Gasteiger partial charge on any atom is 0.151 e. The molecule has 24 heavy (non-hydrogen) atoms. The van der Waals surface area contributed by atoms with Gasteiger partial charge in [-0.2, -0.15) is 0 Å². The summed E-state index contributed by atoms with van der Waals surface area (Å²) in [5, 5.41) is 8.50. The van der Waals surface area contributed by atoms with Crippen molar-refractivity contribution >= 4 is 0 Å². The second kappa shape index (κ2) is 6.97. The molecule has 0 saturated carbocycles. The second-order valence-corrected chi connectivity index (χ2v) is 6.41. The molecule has 4 rings (SSSR count). The van der Waals surface area contributed by atoms with E-state index in [4.69, 9.17) is 0 Å². The van der Waals surface area contributed by atoms with Crippen molar-refractivity contribution < 1.29 is 0 Å². The molecule has 1 aliphatic rings. The first kappa shape index (κ1) is 15.1. The van der Waals surface area contributed by atoms with E-state index in [1.807, 2.05) is 24.5 Å². The third kappa shape index (κ3) is 3.24. The molecule has 0 unspecified atom stereocenters. The monoisotopic (exact) mass is 318 g/mol. The molecule has 0 aliphatic carbocycles. The van der Waals surface area contributed by atoms with Gasteiger partial charge in [-0.15, -0.1) is 10.2 Å². The number of para-hydroxylation sites is 1. The molecule has 3 aromatic rings. The van der Waals surface area contributed by atoms with Crippen LogP contribution in [0.4, 0.5) is 0 Å². The minimum atomic E-state index is 0.591. The van der Waals surface area contributed by atoms with Crippen LogP contribution in [-0.4, -0.2) is 32.3 Å². The lowest BCUT2D eigenvalue weighted by atomic mass is 10.0. The Labute approximate surface area is 142 Å². The van der Waals surface area contributed by atoms with Crippen LogP contribution in [0.1, 0.15) is 24.2 Å². The smallest absolute Gasteiger partial charge is 0.151 e. The number of nitrogens with zero attached hydrogens (tertiary/aromatic N) is 4. The van der Waals surface area contributed by atoms with E-state index < -0.39 is 0 Å². The molecule has 2 aromatic carbocycles. The van der Waals surface area contributed by atoms with Crippen molar-refractivity contribution in [3.05, 3.63) is 78.4 Å². The zero-order valence-electron chi connectivity index (χ0n) is 13.8. The standard InChI is InChI=1S/C20H22N4/c1-3-8-17(9-4-1)14-19-12-7-13-23(19)15-20-22-21-16-24(20)18-10-5-2-6-11-18/h1-6,8-11,16,19H,7,12-15H2/t19-/m0/s1. The quantitative estimate of drug-likeness (QED) is 0.722. The van der Waals surface area contributed by atoms with Crippen molar-refractivity contribution in [2.75, 3.05) is 6.54 Å². The zero-order chi connectivity index (χ0) is 16.2. The summed E-state index contributed by atoms with van der Waals surface area (Å²) in [7, 11) is 0. The van der Waals surface area contributed by atoms with Gasteiger partial charge in [-0.25, -0.2) is 0 Å². The molecular weight excluding hydrogens is 296 g/mol. The summed E-state index contributed by atoms with van der Waals surface area (Å²) >= 11 is 0. The molecule has 0 bridgehead atoms. The molecule has 122 valence electrons. The maximum absolute atomic E-state index is 4.37. The molecule has 4 nitrogen and oxygen atoms in total. The van der Waals surface area contributed by atoms with Crippen molar-refractivity contribution in [3.8, 4) is 5.69 Å². The van der Waals surface area contributed by atoms with Gasteiger partial charge in [0.2, 0.25) is 0 Å². The van der Waals surface area contributed by atoms with Gasteiger partial charge in [0.05, 0.1) is 6.54 Å². The first-order valence-corrected chi connectivity index (χ1v) is 8.62. The third-order valence-corrected chi connectivity index (χ3v) is 4.81. The SMILES string of the molecule is c1ccc(C[C@@H]2CCCN2Cc2nncn2-c2ccccc2)cc1. The Morgan fingerprint density at radius 2 is 1.71 bits per heavy atom. The molecule has 1 atom stereocenters. The van der Waals surface area contributed by atoms with Gasteiger partial charge in [0.25, 0.3) is 0 Å². The van der Waals surface area contributed by atoms with Crippen LogP contribution in [0.5, 0.6) is 0 Å². The first-order valence-electron chi connectivity index (χ1n) is 8.62. The molecule has 0 amide bonds. The summed E-state index contributed by atoms with van der Waals surface area (Å²) in [6.45, 7) is 1.99. The van der Waals surface area contributed by atoms with Crippen LogP contribution in [0.3, 0.4) is 0 Å². The lowest BCUT2D eigenvalue weighted by molar-refractivity contribution is 0.236. The van der Waals surface area contributed by atoms with Crippen LogP contribution in [0, 0.1) is 0 Å². The highest BCUT2D eigenvalue weighted by Crippen LogP contribution is 2.23. The van der Waals surface area contributed by atoms with Crippen molar-refractivity contribution in [2.24, 2.45) is 0 Å². The van der Waals surface area contributed by atoms with Gasteiger partial charge in [0.1, 0.15) is 6.33 Å². The number of aromatic nitrogens is 3. The first-order chi connectivity index (χ1) is 11.9. The minimum Gasteiger partial charge on any atom is -0.293 e. The number of rotatable bonds is 5. The summed E-state index contributed by atoms with van der Waals surface area (Å²) in [5.41, 5.74) is 2.54. The Kier molecular flexibility index (Phi) is 4.38. The molecule has 0 spiro atoms. The average Bonchev–Trinajstić information content (AvgIpc) is 3.27. The third-order valence-electron chi connectivity index (χ3n) is 4.81. The predicted molar refractivity (Wildman–Crippen MR) is 94.9 cm³/mol. The predicted octanol–water partition coefficient (Wildman–Crippen LogP) is 3.47. The fraction of sp³-hybridized carbons (Fsp3) is 0.300. The summed E-state index contributed by atoms with van der Waals surface area (Å²) in [5.74, 6) is 1.01. The van der Waals surface area contributed by atoms with E-state index in [1.54, 1.807) is 0 Å². The van der Waals surface area contributed by atoms with Gasteiger partial charge in [0, 0.05) is 11.7 Å². The van der Waals surface area contributed by atoms with Crippen molar-refractivity contribution in [2.45, 2.75) is 31.8 Å². The summed E-state index contributed by atoms with van der Waals surface area (Å²) in [6, 6.07) is 21.7. The van der Waals surface area contributed by atoms with Crippen LogP contribution >= 0.6 is 0 Å². The van der Waals surface area contributed by atoms with E-state index in [1.165, 1.54) is 18.4 Å². The summed E-state index contributed by atoms with van der Waals surface area (Å²) in [4.78, 5) is 2.55. The lowest BCUT2D eigenvalue weighted by Gasteiger charge is -2.24. The van der Waals surface area contributed by atoms with Crippen molar-refractivity contribution in [3.63, 3.8) is 0 Å². The van der Waals surface area contributed by atoms with Crippen LogP contribution < -0.4 is 0 Å². The second-order valence-electron chi connectivity index (χ2n) is 6.41. The highest BCUT2D eigenvalue weighted by Gasteiger charge is 2.26. The fourth-order valence-electron chi connectivity index (χ4n) is 3.57. The Bertz CT molecular complexity index is 767. The maximum atomic E-state index is 4.37. The van der Waals surface area contributed by atoms with E-state index in [9.17, 15) is 0 Å². The van der Waals surface area contributed by atoms with E-state index >= 15 is 0 Å². The van der Waals surface area contributed by atoms with Crippen LogP contribution in [0.15, 0.2) is 67.0 Å². The highest BCUT2D eigenvalue weighted by atomic mass is 15.3. The zero-order valence-corrected chi connectivity index (χ0v) is 13.8. The number of likely N-dealkylation sites (tertiary alicyclic amines) is 1. The minimum absolute atomic E-state index is 0.591. The van der Waals surface area contributed by atoms with Gasteiger partial charge < -0.3 is 0 Å². The molecule has 1 saturated heterocycles. The molecule has 4 heteroatoms.